The molecule has 2 aromatic rings. The topological polar surface area (TPSA) is 50.2 Å². The van der Waals surface area contributed by atoms with Crippen LogP contribution in [0.25, 0.3) is 11.3 Å². The maximum atomic E-state index is 12.2. The number of rotatable bonds is 3. The molecular formula is C24H31NO2S. The number of aliphatic carboxylic acids is 1. The molecule has 1 aromatic carbocycles. The second-order valence-corrected chi connectivity index (χ2v) is 10.7. The van der Waals surface area contributed by atoms with Gasteiger partial charge in [-0.1, -0.05) is 33.3 Å². The fraction of sp³-hybridized carbons (Fsp3) is 0.583. The molecule has 1 N–H and O–H groups in total. The first-order chi connectivity index (χ1) is 13.2. The number of benzene rings is 1. The number of hydrogen-bond donors (Lipinski definition) is 1. The Balaban J connectivity index is 1.91. The van der Waals surface area contributed by atoms with Crippen molar-refractivity contribution in [1.29, 1.82) is 0 Å². The first-order valence-electron chi connectivity index (χ1n) is 10.5. The summed E-state index contributed by atoms with van der Waals surface area (Å²) in [5.41, 5.74) is 5.77. The van der Waals surface area contributed by atoms with Crippen LogP contribution in [0.5, 0.6) is 0 Å². The number of aryl methyl sites for hydroxylation is 2. The van der Waals surface area contributed by atoms with Crippen LogP contribution < -0.4 is 0 Å². The van der Waals surface area contributed by atoms with Gasteiger partial charge in [-0.25, -0.2) is 4.98 Å². The molecule has 0 amide bonds. The lowest BCUT2D eigenvalue weighted by molar-refractivity contribution is -0.157. The van der Waals surface area contributed by atoms with Crippen molar-refractivity contribution in [3.63, 3.8) is 0 Å². The number of aromatic nitrogens is 1. The van der Waals surface area contributed by atoms with Crippen molar-refractivity contribution >= 4 is 17.3 Å². The zero-order chi connectivity index (χ0) is 20.3. The van der Waals surface area contributed by atoms with Gasteiger partial charge in [0, 0.05) is 10.9 Å². The highest BCUT2D eigenvalue weighted by Crippen LogP contribution is 2.58. The molecule has 0 unspecified atom stereocenters. The summed E-state index contributed by atoms with van der Waals surface area (Å²) < 4.78 is 0. The van der Waals surface area contributed by atoms with E-state index in [1.54, 1.807) is 11.3 Å². The van der Waals surface area contributed by atoms with Gasteiger partial charge < -0.3 is 5.11 Å². The molecule has 150 valence electrons. The molecule has 4 heteroatoms. The van der Waals surface area contributed by atoms with Crippen LogP contribution in [0.4, 0.5) is 0 Å². The standard InChI is InChI=1S/C24H31NO2S/c1-14(2)17-11-16-7-8-21-23(4,9-6-10-24(21,5)22(26)27)19(16)12-18(17)20-13-28-15(3)25-20/h11-14,21H,6-10H2,1-5H3,(H,26,27)/t21-,23-,24-/m1/s1. The van der Waals surface area contributed by atoms with Crippen LogP contribution in [0.1, 0.15) is 81.0 Å². The lowest BCUT2D eigenvalue weighted by atomic mass is 9.49. The summed E-state index contributed by atoms with van der Waals surface area (Å²) in [6, 6.07) is 4.77. The smallest absolute Gasteiger partial charge is 0.309 e. The van der Waals surface area contributed by atoms with E-state index in [2.05, 4.69) is 45.2 Å². The van der Waals surface area contributed by atoms with Gasteiger partial charge in [0.1, 0.15) is 0 Å². The van der Waals surface area contributed by atoms with E-state index in [-0.39, 0.29) is 11.3 Å². The van der Waals surface area contributed by atoms with Gasteiger partial charge in [-0.05, 0) is 79.5 Å². The van der Waals surface area contributed by atoms with Gasteiger partial charge in [0.2, 0.25) is 0 Å². The Labute approximate surface area is 172 Å². The van der Waals surface area contributed by atoms with E-state index < -0.39 is 11.4 Å². The van der Waals surface area contributed by atoms with E-state index in [9.17, 15) is 9.90 Å². The molecule has 1 saturated carbocycles. The summed E-state index contributed by atoms with van der Waals surface area (Å²) in [5.74, 6) is -0.00169. The number of fused-ring (bicyclic) bond motifs is 3. The fourth-order valence-corrected chi connectivity index (χ4v) is 6.59. The van der Waals surface area contributed by atoms with Crippen LogP contribution in [0.15, 0.2) is 17.5 Å². The van der Waals surface area contributed by atoms with Gasteiger partial charge >= 0.3 is 5.97 Å². The van der Waals surface area contributed by atoms with Crippen molar-refractivity contribution in [1.82, 2.24) is 4.98 Å². The van der Waals surface area contributed by atoms with Gasteiger partial charge in [0.05, 0.1) is 16.1 Å². The van der Waals surface area contributed by atoms with E-state index in [0.717, 1.165) is 42.8 Å². The molecule has 0 radical (unpaired) electrons. The average Bonchev–Trinajstić information content (AvgIpc) is 3.06. The molecule has 0 bridgehead atoms. The second-order valence-electron chi connectivity index (χ2n) is 9.59. The zero-order valence-electron chi connectivity index (χ0n) is 17.6. The van der Waals surface area contributed by atoms with Crippen molar-refractivity contribution in [2.75, 3.05) is 0 Å². The van der Waals surface area contributed by atoms with Crippen molar-refractivity contribution < 1.29 is 9.90 Å². The molecule has 2 aliphatic carbocycles. The Morgan fingerprint density at radius 1 is 1.29 bits per heavy atom. The third kappa shape index (κ3) is 2.83. The molecule has 0 aliphatic heterocycles. The Morgan fingerprint density at radius 3 is 2.64 bits per heavy atom. The van der Waals surface area contributed by atoms with Gasteiger partial charge in [0.15, 0.2) is 0 Å². The SMILES string of the molecule is Cc1nc(-c2cc3c(cc2C(C)C)CC[C@H]2[C@](C)(C(=O)O)CCC[C@]32C)cs1. The molecule has 28 heavy (non-hydrogen) atoms. The highest BCUT2D eigenvalue weighted by Gasteiger charge is 2.55. The largest absolute Gasteiger partial charge is 0.481 e. The van der Waals surface area contributed by atoms with Crippen LogP contribution in [0.2, 0.25) is 0 Å². The zero-order valence-corrected chi connectivity index (χ0v) is 18.4. The number of nitrogens with zero attached hydrogens (tertiary/aromatic N) is 1. The predicted molar refractivity (Wildman–Crippen MR) is 115 cm³/mol. The Hall–Kier alpha value is -1.68. The number of carbonyl (C=O) groups is 1. The van der Waals surface area contributed by atoms with Crippen molar-refractivity contribution in [2.24, 2.45) is 11.3 Å². The minimum absolute atomic E-state index is 0.0751. The third-order valence-electron chi connectivity index (χ3n) is 7.53. The summed E-state index contributed by atoms with van der Waals surface area (Å²) in [5, 5.41) is 13.3. The van der Waals surface area contributed by atoms with Crippen molar-refractivity contribution in [3.8, 4) is 11.3 Å². The molecule has 0 saturated heterocycles. The Morgan fingerprint density at radius 2 is 2.04 bits per heavy atom. The van der Waals surface area contributed by atoms with Crippen LogP contribution >= 0.6 is 11.3 Å². The van der Waals surface area contributed by atoms with Crippen LogP contribution in [-0.2, 0) is 16.6 Å². The van der Waals surface area contributed by atoms with Gasteiger partial charge in [0.25, 0.3) is 0 Å². The quantitative estimate of drug-likeness (QED) is 0.658. The lowest BCUT2D eigenvalue weighted by Gasteiger charge is -2.53. The highest BCUT2D eigenvalue weighted by atomic mass is 32.1. The molecule has 4 rings (SSSR count). The van der Waals surface area contributed by atoms with Gasteiger partial charge in [-0.2, -0.15) is 0 Å². The van der Waals surface area contributed by atoms with Gasteiger partial charge in [-0.15, -0.1) is 11.3 Å². The molecular weight excluding hydrogens is 366 g/mol. The monoisotopic (exact) mass is 397 g/mol. The number of hydrogen-bond acceptors (Lipinski definition) is 3. The maximum absolute atomic E-state index is 12.2. The summed E-state index contributed by atoms with van der Waals surface area (Å²) in [6.07, 6.45) is 4.80. The predicted octanol–water partition coefficient (Wildman–Crippen LogP) is 6.34. The molecule has 0 spiro atoms. The van der Waals surface area contributed by atoms with Crippen LogP contribution in [0.3, 0.4) is 0 Å². The lowest BCUT2D eigenvalue weighted by Crippen LogP contribution is -2.52. The van der Waals surface area contributed by atoms with E-state index in [1.807, 2.05) is 6.92 Å². The fourth-order valence-electron chi connectivity index (χ4n) is 5.98. The van der Waals surface area contributed by atoms with Crippen LogP contribution in [-0.4, -0.2) is 16.1 Å². The first kappa shape index (κ1) is 19.6. The number of carboxylic acids is 1. The van der Waals surface area contributed by atoms with Crippen molar-refractivity contribution in [3.05, 3.63) is 39.2 Å². The third-order valence-corrected chi connectivity index (χ3v) is 8.30. The van der Waals surface area contributed by atoms with E-state index >= 15 is 0 Å². The Kier molecular flexibility index (Phi) is 4.69. The van der Waals surface area contributed by atoms with E-state index in [1.165, 1.54) is 22.3 Å². The average molecular weight is 398 g/mol. The summed E-state index contributed by atoms with van der Waals surface area (Å²) in [6.45, 7) is 10.9. The van der Waals surface area contributed by atoms with Crippen molar-refractivity contribution in [2.45, 2.75) is 78.1 Å². The molecule has 1 fully saturated rings. The Bertz CT molecular complexity index is 931. The summed E-state index contributed by atoms with van der Waals surface area (Å²) in [4.78, 5) is 17.0. The highest BCUT2D eigenvalue weighted by molar-refractivity contribution is 7.09. The van der Waals surface area contributed by atoms with E-state index in [0.29, 0.717) is 5.92 Å². The number of carboxylic acid groups (broad SMARTS) is 1. The molecule has 3 atom stereocenters. The maximum Gasteiger partial charge on any atom is 0.309 e. The molecule has 1 heterocycles. The normalized spacial score (nSPS) is 29.4. The van der Waals surface area contributed by atoms with Gasteiger partial charge in [-0.3, -0.25) is 4.79 Å². The molecule has 2 aliphatic rings. The van der Waals surface area contributed by atoms with E-state index in [4.69, 9.17) is 4.98 Å². The first-order valence-corrected chi connectivity index (χ1v) is 11.4. The second kappa shape index (κ2) is 6.69. The summed E-state index contributed by atoms with van der Waals surface area (Å²) in [7, 11) is 0. The molecule has 3 nitrogen and oxygen atoms in total. The minimum Gasteiger partial charge on any atom is -0.481 e. The van der Waals surface area contributed by atoms with Crippen LogP contribution in [0, 0.1) is 18.3 Å². The number of thiazole rings is 1. The molecule has 1 aromatic heterocycles. The minimum atomic E-state index is -0.626. The summed E-state index contributed by atoms with van der Waals surface area (Å²) >= 11 is 1.69.